The maximum atomic E-state index is 13.1. The predicted molar refractivity (Wildman–Crippen MR) is 409 cm³/mol. The van der Waals surface area contributed by atoms with Gasteiger partial charge in [0.25, 0.3) is 0 Å². The monoisotopic (exact) mass is 1470 g/mol. The summed E-state index contributed by atoms with van der Waals surface area (Å²) in [6.45, 7) is 7.38. The van der Waals surface area contributed by atoms with E-state index in [0.717, 1.165) is 95.8 Å². The van der Waals surface area contributed by atoms with Crippen LogP contribution in [0.2, 0.25) is 0 Å². The zero-order valence-electron chi connectivity index (χ0n) is 65.3. The summed E-state index contributed by atoms with van der Waals surface area (Å²) < 4.78 is 68.7. The molecule has 0 rings (SSSR count). The smallest absolute Gasteiger partial charge is 0.462 e. The SMILES string of the molecule is CCCCCCCCCCCCCCCCCCCCCCC(=O)O[C@H](COC(=O)CCCCCCCCCCCCCCCCC(C)CC)COP(=O)(O)OC[C@@H](O)COP(=O)(O)OC[C@@H](COC(=O)CCCCCCCCCCCC)OC(=O)CCCCCCCCCCCCCC. The zero-order chi connectivity index (χ0) is 73.4. The quantitative estimate of drug-likeness (QED) is 0.0222. The molecule has 6 atom stereocenters. The van der Waals surface area contributed by atoms with Gasteiger partial charge in [-0.15, -0.1) is 0 Å². The van der Waals surface area contributed by atoms with Gasteiger partial charge in [0, 0.05) is 25.7 Å². The van der Waals surface area contributed by atoms with Gasteiger partial charge in [-0.2, -0.15) is 0 Å². The summed E-state index contributed by atoms with van der Waals surface area (Å²) in [7, 11) is -9.92. The van der Waals surface area contributed by atoms with Crippen molar-refractivity contribution in [2.45, 2.75) is 451 Å². The Morgan fingerprint density at radius 2 is 0.480 bits per heavy atom. The van der Waals surface area contributed by atoms with Crippen LogP contribution in [0.1, 0.15) is 433 Å². The van der Waals surface area contributed by atoms with Crippen molar-refractivity contribution in [3.05, 3.63) is 0 Å². The number of hydrogen-bond donors (Lipinski definition) is 3. The molecule has 0 aliphatic rings. The third-order valence-electron chi connectivity index (χ3n) is 19.4. The lowest BCUT2D eigenvalue weighted by Crippen LogP contribution is -2.30. The van der Waals surface area contributed by atoms with Crippen LogP contribution >= 0.6 is 15.6 Å². The van der Waals surface area contributed by atoms with Gasteiger partial charge in [0.1, 0.15) is 19.3 Å². The topological polar surface area (TPSA) is 237 Å². The van der Waals surface area contributed by atoms with E-state index in [9.17, 15) is 43.2 Å². The molecule has 0 aromatic heterocycles. The van der Waals surface area contributed by atoms with Gasteiger partial charge in [0.2, 0.25) is 0 Å². The van der Waals surface area contributed by atoms with Crippen molar-refractivity contribution in [3.63, 3.8) is 0 Å². The molecule has 17 nitrogen and oxygen atoms in total. The molecule has 594 valence electrons. The summed E-state index contributed by atoms with van der Waals surface area (Å²) in [6.07, 6.45) is 65.1. The maximum absolute atomic E-state index is 13.1. The number of esters is 4. The number of ether oxygens (including phenoxy) is 4. The van der Waals surface area contributed by atoms with Gasteiger partial charge < -0.3 is 33.8 Å². The molecule has 100 heavy (non-hydrogen) atoms. The molecule has 19 heteroatoms. The Hall–Kier alpha value is -1.94. The lowest BCUT2D eigenvalue weighted by molar-refractivity contribution is -0.161. The molecule has 0 aliphatic carbocycles. The first-order chi connectivity index (χ1) is 48.6. The lowest BCUT2D eigenvalue weighted by Gasteiger charge is -2.21. The van der Waals surface area contributed by atoms with Crippen LogP contribution in [0.4, 0.5) is 0 Å². The fourth-order valence-electron chi connectivity index (χ4n) is 12.6. The highest BCUT2D eigenvalue weighted by Gasteiger charge is 2.30. The van der Waals surface area contributed by atoms with Crippen LogP contribution in [0, 0.1) is 5.92 Å². The molecule has 0 radical (unpaired) electrons. The first-order valence-corrected chi connectivity index (χ1v) is 45.2. The van der Waals surface area contributed by atoms with E-state index in [-0.39, 0.29) is 25.7 Å². The van der Waals surface area contributed by atoms with Gasteiger partial charge in [0.15, 0.2) is 12.2 Å². The van der Waals surface area contributed by atoms with Crippen LogP contribution in [-0.2, 0) is 65.4 Å². The molecule has 3 unspecified atom stereocenters. The summed E-state index contributed by atoms with van der Waals surface area (Å²) in [6, 6.07) is 0. The number of phosphoric ester groups is 2. The normalized spacial score (nSPS) is 14.1. The van der Waals surface area contributed by atoms with E-state index in [1.54, 1.807) is 0 Å². The first-order valence-electron chi connectivity index (χ1n) is 42.2. The molecule has 0 bridgehead atoms. The standard InChI is InChI=1S/C81H158O17P2/c1-6-10-13-16-19-22-25-27-28-29-30-31-32-33-38-42-47-52-57-62-67-81(86)98-77(71-92-79(84)65-60-55-50-45-41-37-35-34-36-39-43-48-53-58-63-74(5)9-4)73-96-100(89,90)94-69-75(82)68-93-99(87,88)95-72-76(70-91-78(83)64-59-54-49-44-24-21-18-15-12-8-3)97-80(85)66-61-56-51-46-40-26-23-20-17-14-11-7-2/h74-77,82H,6-73H2,1-5H3,(H,87,88)(H,89,90)/t74?,75-,76+,77+/m0/s1. The van der Waals surface area contributed by atoms with E-state index in [1.807, 2.05) is 0 Å². The molecule has 0 aromatic carbocycles. The van der Waals surface area contributed by atoms with E-state index < -0.39 is 97.5 Å². The van der Waals surface area contributed by atoms with Crippen molar-refractivity contribution < 1.29 is 80.2 Å². The van der Waals surface area contributed by atoms with Crippen LogP contribution in [-0.4, -0.2) is 96.7 Å². The minimum Gasteiger partial charge on any atom is -0.462 e. The Balaban J connectivity index is 5.22. The number of hydrogen-bond acceptors (Lipinski definition) is 15. The maximum Gasteiger partial charge on any atom is 0.472 e. The molecule has 0 aromatic rings. The molecule has 0 fully saturated rings. The van der Waals surface area contributed by atoms with E-state index in [2.05, 4.69) is 34.6 Å². The van der Waals surface area contributed by atoms with Crippen molar-refractivity contribution >= 4 is 39.5 Å². The molecule has 0 saturated carbocycles. The van der Waals surface area contributed by atoms with Crippen molar-refractivity contribution in [1.82, 2.24) is 0 Å². The van der Waals surface area contributed by atoms with E-state index >= 15 is 0 Å². The van der Waals surface area contributed by atoms with Crippen molar-refractivity contribution in [2.75, 3.05) is 39.6 Å². The number of phosphoric acid groups is 2. The summed E-state index contributed by atoms with van der Waals surface area (Å²) >= 11 is 0. The zero-order valence-corrected chi connectivity index (χ0v) is 67.1. The van der Waals surface area contributed by atoms with Gasteiger partial charge >= 0.3 is 39.5 Å². The number of carbonyl (C=O) groups excluding carboxylic acids is 4. The second-order valence-electron chi connectivity index (χ2n) is 29.4. The minimum absolute atomic E-state index is 0.108. The average Bonchev–Trinajstić information content (AvgIpc) is 1.12. The Morgan fingerprint density at radius 1 is 0.280 bits per heavy atom. The van der Waals surface area contributed by atoms with Crippen LogP contribution in [0.5, 0.6) is 0 Å². The Kier molecular flexibility index (Phi) is 72.5. The lowest BCUT2D eigenvalue weighted by atomic mass is 9.99. The van der Waals surface area contributed by atoms with Gasteiger partial charge in [-0.25, -0.2) is 9.13 Å². The number of rotatable bonds is 81. The van der Waals surface area contributed by atoms with Gasteiger partial charge in [0.05, 0.1) is 26.4 Å². The summed E-state index contributed by atoms with van der Waals surface area (Å²) in [5, 5.41) is 10.6. The highest BCUT2D eigenvalue weighted by Crippen LogP contribution is 2.45. The molecule has 0 heterocycles. The van der Waals surface area contributed by atoms with Gasteiger partial charge in [-0.3, -0.25) is 37.3 Å². The molecule has 3 N–H and O–H groups in total. The summed E-state index contributed by atoms with van der Waals surface area (Å²) in [5.41, 5.74) is 0. The predicted octanol–water partition coefficient (Wildman–Crippen LogP) is 24.4. The fourth-order valence-corrected chi connectivity index (χ4v) is 14.1. The second kappa shape index (κ2) is 73.9. The molecular weight excluding hydrogens is 1310 g/mol. The molecular formula is C81H158O17P2. The van der Waals surface area contributed by atoms with Crippen molar-refractivity contribution in [1.29, 1.82) is 0 Å². The molecule has 0 aliphatic heterocycles. The van der Waals surface area contributed by atoms with Gasteiger partial charge in [-0.1, -0.05) is 381 Å². The third kappa shape index (κ3) is 73.0. The van der Waals surface area contributed by atoms with Crippen LogP contribution < -0.4 is 0 Å². The number of aliphatic hydroxyl groups excluding tert-OH is 1. The van der Waals surface area contributed by atoms with E-state index in [4.69, 9.17) is 37.0 Å². The fraction of sp³-hybridized carbons (Fsp3) is 0.951. The van der Waals surface area contributed by atoms with Crippen LogP contribution in [0.25, 0.3) is 0 Å². The summed E-state index contributed by atoms with van der Waals surface area (Å²) in [5.74, 6) is -1.26. The highest BCUT2D eigenvalue weighted by molar-refractivity contribution is 7.47. The first kappa shape index (κ1) is 98.1. The van der Waals surface area contributed by atoms with Gasteiger partial charge in [-0.05, 0) is 31.6 Å². The average molecular weight is 1470 g/mol. The third-order valence-corrected chi connectivity index (χ3v) is 21.3. The van der Waals surface area contributed by atoms with E-state index in [0.29, 0.717) is 25.7 Å². The largest absolute Gasteiger partial charge is 0.472 e. The highest BCUT2D eigenvalue weighted by atomic mass is 31.2. The molecule has 0 spiro atoms. The van der Waals surface area contributed by atoms with E-state index in [1.165, 1.54) is 257 Å². The van der Waals surface area contributed by atoms with Crippen molar-refractivity contribution in [3.8, 4) is 0 Å². The van der Waals surface area contributed by atoms with Crippen LogP contribution in [0.15, 0.2) is 0 Å². The molecule has 0 amide bonds. The Bertz CT molecular complexity index is 1910. The Morgan fingerprint density at radius 3 is 0.710 bits per heavy atom. The second-order valence-corrected chi connectivity index (χ2v) is 32.3. The Labute approximate surface area is 613 Å². The van der Waals surface area contributed by atoms with Crippen LogP contribution in [0.3, 0.4) is 0 Å². The number of aliphatic hydroxyl groups is 1. The molecule has 0 saturated heterocycles. The summed E-state index contributed by atoms with van der Waals surface area (Å²) in [4.78, 5) is 73.0. The number of unbranched alkanes of at least 4 members (excludes halogenated alkanes) is 52. The van der Waals surface area contributed by atoms with Crippen molar-refractivity contribution in [2.24, 2.45) is 5.92 Å². The number of carbonyl (C=O) groups is 4. The minimum atomic E-state index is -4.96.